The molecule has 1 aliphatic carbocycles. The maximum Gasteiger partial charge on any atom is 0.0939 e. The first-order valence-corrected chi connectivity index (χ1v) is 5.98. The number of aromatic nitrogens is 2. The Balaban J connectivity index is 1.81. The molecule has 1 heterocycles. The van der Waals surface area contributed by atoms with Crippen LogP contribution in [0, 0.1) is 0 Å². The van der Waals surface area contributed by atoms with Crippen molar-refractivity contribution in [3.63, 3.8) is 0 Å². The minimum atomic E-state index is -0.302. The SMILES string of the molecule is OCC1(OCc2[nH]nc3cc(Cl)ccc23)CC1. The molecule has 0 bridgehead atoms. The van der Waals surface area contributed by atoms with Gasteiger partial charge < -0.3 is 9.84 Å². The Morgan fingerprint density at radius 3 is 3.00 bits per heavy atom. The van der Waals surface area contributed by atoms with Crippen molar-refractivity contribution in [2.24, 2.45) is 0 Å². The van der Waals surface area contributed by atoms with E-state index in [1.807, 2.05) is 18.2 Å². The molecule has 0 unspecified atom stereocenters. The van der Waals surface area contributed by atoms with Crippen molar-refractivity contribution >= 4 is 22.5 Å². The molecule has 0 atom stereocenters. The number of nitrogens with one attached hydrogen (secondary N) is 1. The van der Waals surface area contributed by atoms with Gasteiger partial charge in [-0.15, -0.1) is 0 Å². The molecule has 0 aliphatic heterocycles. The van der Waals surface area contributed by atoms with Crippen molar-refractivity contribution in [2.75, 3.05) is 6.61 Å². The Morgan fingerprint density at radius 2 is 2.29 bits per heavy atom. The van der Waals surface area contributed by atoms with Crippen molar-refractivity contribution in [1.82, 2.24) is 10.2 Å². The molecular formula is C12H13ClN2O2. The van der Waals surface area contributed by atoms with E-state index >= 15 is 0 Å². The number of benzene rings is 1. The van der Waals surface area contributed by atoms with Crippen LogP contribution in [0.2, 0.25) is 5.02 Å². The maximum absolute atomic E-state index is 9.17. The number of hydrogen-bond acceptors (Lipinski definition) is 3. The number of aliphatic hydroxyl groups excluding tert-OH is 1. The highest BCUT2D eigenvalue weighted by Crippen LogP contribution is 2.39. The van der Waals surface area contributed by atoms with Gasteiger partial charge in [0.15, 0.2) is 0 Å². The van der Waals surface area contributed by atoms with Gasteiger partial charge in [-0.2, -0.15) is 5.10 Å². The molecule has 1 aromatic carbocycles. The van der Waals surface area contributed by atoms with Gasteiger partial charge in [0.05, 0.1) is 30.0 Å². The fourth-order valence-corrected chi connectivity index (χ4v) is 2.03. The van der Waals surface area contributed by atoms with Crippen LogP contribution in [0.4, 0.5) is 0 Å². The van der Waals surface area contributed by atoms with Crippen LogP contribution < -0.4 is 0 Å². The summed E-state index contributed by atoms with van der Waals surface area (Å²) in [5, 5.41) is 18.0. The van der Waals surface area contributed by atoms with E-state index in [9.17, 15) is 0 Å². The molecule has 90 valence electrons. The molecule has 3 rings (SSSR count). The molecule has 1 fully saturated rings. The molecule has 1 aromatic heterocycles. The highest BCUT2D eigenvalue weighted by molar-refractivity contribution is 6.31. The summed E-state index contributed by atoms with van der Waals surface area (Å²) in [6, 6.07) is 5.58. The third-order valence-corrected chi connectivity index (χ3v) is 3.45. The van der Waals surface area contributed by atoms with Crippen molar-refractivity contribution < 1.29 is 9.84 Å². The molecule has 0 saturated heterocycles. The normalized spacial score (nSPS) is 17.5. The van der Waals surface area contributed by atoms with Crippen LogP contribution in [0.1, 0.15) is 18.5 Å². The highest BCUT2D eigenvalue weighted by Gasteiger charge is 2.43. The van der Waals surface area contributed by atoms with Crippen LogP contribution in [-0.4, -0.2) is 27.5 Å². The predicted molar refractivity (Wildman–Crippen MR) is 64.9 cm³/mol. The Bertz CT molecular complexity index is 548. The van der Waals surface area contributed by atoms with Crippen molar-refractivity contribution in [1.29, 1.82) is 0 Å². The second-order valence-corrected chi connectivity index (χ2v) is 4.93. The molecule has 17 heavy (non-hydrogen) atoms. The lowest BCUT2D eigenvalue weighted by Gasteiger charge is -2.12. The Morgan fingerprint density at radius 1 is 1.47 bits per heavy atom. The fourth-order valence-electron chi connectivity index (χ4n) is 1.86. The predicted octanol–water partition coefficient (Wildman–Crippen LogP) is 2.26. The van der Waals surface area contributed by atoms with Crippen LogP contribution in [0.25, 0.3) is 10.9 Å². The number of fused-ring (bicyclic) bond motifs is 1. The third kappa shape index (κ3) is 2.04. The molecule has 4 nitrogen and oxygen atoms in total. The van der Waals surface area contributed by atoms with Gasteiger partial charge in [-0.05, 0) is 31.0 Å². The first-order valence-electron chi connectivity index (χ1n) is 5.60. The monoisotopic (exact) mass is 252 g/mol. The second kappa shape index (κ2) is 3.98. The topological polar surface area (TPSA) is 58.1 Å². The molecule has 5 heteroatoms. The zero-order valence-corrected chi connectivity index (χ0v) is 10.00. The minimum Gasteiger partial charge on any atom is -0.393 e. The number of hydrogen-bond donors (Lipinski definition) is 2. The number of rotatable bonds is 4. The number of nitrogens with zero attached hydrogens (tertiary/aromatic N) is 1. The van der Waals surface area contributed by atoms with E-state index < -0.39 is 0 Å². The summed E-state index contributed by atoms with van der Waals surface area (Å²) in [4.78, 5) is 0. The lowest BCUT2D eigenvalue weighted by molar-refractivity contribution is -0.0183. The molecule has 0 amide bonds. The zero-order valence-electron chi connectivity index (χ0n) is 9.24. The standard InChI is InChI=1S/C12H13ClN2O2/c13-8-1-2-9-10(5-8)14-15-11(9)6-17-12(7-16)3-4-12/h1-2,5,16H,3-4,6-7H2,(H,14,15). The molecule has 2 aromatic rings. The van der Waals surface area contributed by atoms with Crippen LogP contribution in [0.5, 0.6) is 0 Å². The highest BCUT2D eigenvalue weighted by atomic mass is 35.5. The summed E-state index contributed by atoms with van der Waals surface area (Å²) in [5.74, 6) is 0. The van der Waals surface area contributed by atoms with Gasteiger partial charge in [0.25, 0.3) is 0 Å². The van der Waals surface area contributed by atoms with E-state index in [1.165, 1.54) is 0 Å². The number of ether oxygens (including phenoxy) is 1. The van der Waals surface area contributed by atoms with Gasteiger partial charge in [-0.3, -0.25) is 5.10 Å². The smallest absolute Gasteiger partial charge is 0.0939 e. The first-order chi connectivity index (χ1) is 8.22. The van der Waals surface area contributed by atoms with E-state index in [4.69, 9.17) is 21.4 Å². The van der Waals surface area contributed by atoms with E-state index in [0.717, 1.165) is 29.4 Å². The second-order valence-electron chi connectivity index (χ2n) is 4.49. The molecular weight excluding hydrogens is 240 g/mol. The van der Waals surface area contributed by atoms with Crippen LogP contribution in [0.15, 0.2) is 18.2 Å². The van der Waals surface area contributed by atoms with Crippen molar-refractivity contribution in [2.45, 2.75) is 25.0 Å². The Hall–Kier alpha value is -1.10. The van der Waals surface area contributed by atoms with E-state index in [0.29, 0.717) is 11.6 Å². The third-order valence-electron chi connectivity index (χ3n) is 3.21. The average Bonchev–Trinajstić information content (AvgIpc) is 3.02. The minimum absolute atomic E-state index is 0.0882. The van der Waals surface area contributed by atoms with Gasteiger partial charge in [-0.25, -0.2) is 0 Å². The van der Waals surface area contributed by atoms with E-state index in [-0.39, 0.29) is 12.2 Å². The quantitative estimate of drug-likeness (QED) is 0.878. The lowest BCUT2D eigenvalue weighted by Crippen LogP contribution is -2.18. The summed E-state index contributed by atoms with van der Waals surface area (Å²) >= 11 is 5.89. The van der Waals surface area contributed by atoms with Crippen molar-refractivity contribution in [3.8, 4) is 0 Å². The van der Waals surface area contributed by atoms with Crippen LogP contribution in [0.3, 0.4) is 0 Å². The number of aliphatic hydroxyl groups is 1. The zero-order chi connectivity index (χ0) is 11.9. The fraction of sp³-hybridized carbons (Fsp3) is 0.417. The lowest BCUT2D eigenvalue weighted by atomic mass is 10.2. The first kappa shape index (κ1) is 11.0. The molecule has 1 saturated carbocycles. The van der Waals surface area contributed by atoms with Crippen molar-refractivity contribution in [3.05, 3.63) is 28.9 Å². The summed E-state index contributed by atoms with van der Waals surface area (Å²) in [7, 11) is 0. The number of H-pyrrole nitrogens is 1. The Kier molecular flexibility index (Phi) is 2.58. The molecule has 1 aliphatic rings. The van der Waals surface area contributed by atoms with Gasteiger partial charge >= 0.3 is 0 Å². The van der Waals surface area contributed by atoms with Crippen LogP contribution >= 0.6 is 11.6 Å². The van der Waals surface area contributed by atoms with E-state index in [1.54, 1.807) is 0 Å². The molecule has 0 spiro atoms. The summed E-state index contributed by atoms with van der Waals surface area (Å²) in [5.41, 5.74) is 1.46. The molecule has 0 radical (unpaired) electrons. The van der Waals surface area contributed by atoms with E-state index in [2.05, 4.69) is 10.2 Å². The average molecular weight is 253 g/mol. The maximum atomic E-state index is 9.17. The van der Waals surface area contributed by atoms with Gasteiger partial charge in [-0.1, -0.05) is 11.6 Å². The number of aromatic amines is 1. The van der Waals surface area contributed by atoms with Crippen LogP contribution in [-0.2, 0) is 11.3 Å². The van der Waals surface area contributed by atoms with Gasteiger partial charge in [0.1, 0.15) is 0 Å². The van der Waals surface area contributed by atoms with Gasteiger partial charge in [0.2, 0.25) is 0 Å². The number of halogens is 1. The summed E-state index contributed by atoms with van der Waals surface area (Å²) in [6.07, 6.45) is 1.86. The van der Waals surface area contributed by atoms with Gasteiger partial charge in [0, 0.05) is 10.4 Å². The summed E-state index contributed by atoms with van der Waals surface area (Å²) < 4.78 is 5.72. The molecule has 2 N–H and O–H groups in total. The largest absolute Gasteiger partial charge is 0.393 e. The summed E-state index contributed by atoms with van der Waals surface area (Å²) in [6.45, 7) is 0.531. The Labute approximate surface area is 104 Å².